The molecule has 0 saturated heterocycles. The van der Waals surface area contributed by atoms with Gasteiger partial charge in [0.25, 0.3) is 0 Å². The average Bonchev–Trinajstić information content (AvgIpc) is 1.82. The van der Waals surface area contributed by atoms with Gasteiger partial charge in [0, 0.05) is 4.47 Å². The molecule has 0 amide bonds. The molecule has 0 heterocycles. The number of benzene rings is 1. The Morgan fingerprint density at radius 3 is 2.40 bits per heavy atom. The lowest BCUT2D eigenvalue weighted by atomic mass is 10.1. The van der Waals surface area contributed by atoms with Crippen LogP contribution in [0, 0.1) is 13.8 Å². The van der Waals surface area contributed by atoms with Gasteiger partial charge in [0.2, 0.25) is 0 Å². The van der Waals surface area contributed by atoms with Crippen molar-refractivity contribution in [2.75, 3.05) is 0 Å². The molecule has 0 aromatic heterocycles. The SMILES string of the molecule is Cc1cc(C)c([NH])c(Br)c1. The highest BCUT2D eigenvalue weighted by Crippen LogP contribution is 2.25. The third-order valence-electron chi connectivity index (χ3n) is 1.43. The van der Waals surface area contributed by atoms with Gasteiger partial charge in [0.05, 0.1) is 5.69 Å². The molecule has 2 heteroatoms. The fourth-order valence-electron chi connectivity index (χ4n) is 0.916. The first kappa shape index (κ1) is 7.61. The van der Waals surface area contributed by atoms with Crippen molar-refractivity contribution in [3.8, 4) is 0 Å². The van der Waals surface area contributed by atoms with Gasteiger partial charge >= 0.3 is 0 Å². The predicted octanol–water partition coefficient (Wildman–Crippen LogP) is 2.98. The van der Waals surface area contributed by atoms with Crippen molar-refractivity contribution in [1.29, 1.82) is 0 Å². The molecule has 10 heavy (non-hydrogen) atoms. The second-order valence-electron chi connectivity index (χ2n) is 2.44. The van der Waals surface area contributed by atoms with Crippen LogP contribution in [-0.2, 0) is 0 Å². The Labute approximate surface area is 69.4 Å². The van der Waals surface area contributed by atoms with E-state index in [1.165, 1.54) is 5.56 Å². The fraction of sp³-hybridized carbons (Fsp3) is 0.250. The van der Waals surface area contributed by atoms with Gasteiger partial charge in [-0.3, -0.25) is 5.73 Å². The van der Waals surface area contributed by atoms with Crippen molar-refractivity contribution >= 4 is 21.6 Å². The van der Waals surface area contributed by atoms with E-state index in [9.17, 15) is 0 Å². The van der Waals surface area contributed by atoms with E-state index in [2.05, 4.69) is 15.9 Å². The quantitative estimate of drug-likeness (QED) is 0.613. The molecule has 1 nitrogen and oxygen atoms in total. The summed E-state index contributed by atoms with van der Waals surface area (Å²) in [5.74, 6) is 0. The van der Waals surface area contributed by atoms with Gasteiger partial charge in [-0.15, -0.1) is 0 Å². The molecule has 1 N–H and O–H groups in total. The minimum Gasteiger partial charge on any atom is -0.299 e. The molecule has 1 radical (unpaired) electrons. The van der Waals surface area contributed by atoms with Crippen LogP contribution in [0.25, 0.3) is 0 Å². The van der Waals surface area contributed by atoms with Crippen LogP contribution < -0.4 is 5.73 Å². The number of hydrogen-bond acceptors (Lipinski definition) is 0. The number of nitrogens with one attached hydrogen (secondary N) is 1. The van der Waals surface area contributed by atoms with Gasteiger partial charge in [0.15, 0.2) is 0 Å². The molecule has 53 valence electrons. The maximum Gasteiger partial charge on any atom is 0.0711 e. The average molecular weight is 199 g/mol. The molecule has 0 fully saturated rings. The molecule has 0 atom stereocenters. The zero-order chi connectivity index (χ0) is 7.72. The van der Waals surface area contributed by atoms with Crippen molar-refractivity contribution in [2.45, 2.75) is 13.8 Å². The molecule has 0 aliphatic carbocycles. The van der Waals surface area contributed by atoms with E-state index >= 15 is 0 Å². The Bertz CT molecular complexity index is 232. The number of aryl methyl sites for hydroxylation is 2. The molecule has 1 rings (SSSR count). The summed E-state index contributed by atoms with van der Waals surface area (Å²) in [5, 5.41) is 0. The second-order valence-corrected chi connectivity index (χ2v) is 3.29. The summed E-state index contributed by atoms with van der Waals surface area (Å²) in [5.41, 5.74) is 10.3. The highest BCUT2D eigenvalue weighted by molar-refractivity contribution is 9.10. The summed E-state index contributed by atoms with van der Waals surface area (Å²) in [6.07, 6.45) is 0. The second kappa shape index (κ2) is 2.62. The molecule has 0 unspecified atom stereocenters. The summed E-state index contributed by atoms with van der Waals surface area (Å²) < 4.78 is 0.880. The maximum atomic E-state index is 7.49. The van der Waals surface area contributed by atoms with E-state index in [4.69, 9.17) is 5.73 Å². The van der Waals surface area contributed by atoms with Crippen molar-refractivity contribution in [2.24, 2.45) is 0 Å². The van der Waals surface area contributed by atoms with Crippen LogP contribution in [0.5, 0.6) is 0 Å². The van der Waals surface area contributed by atoms with Crippen LogP contribution >= 0.6 is 15.9 Å². The number of rotatable bonds is 0. The van der Waals surface area contributed by atoms with Gasteiger partial charge in [-0.2, -0.15) is 0 Å². The van der Waals surface area contributed by atoms with Gasteiger partial charge < -0.3 is 0 Å². The third-order valence-corrected chi connectivity index (χ3v) is 2.06. The highest BCUT2D eigenvalue weighted by Gasteiger charge is 1.99. The molecule has 1 aromatic rings. The lowest BCUT2D eigenvalue weighted by Gasteiger charge is -2.02. The molecular formula is C8H9BrN. The van der Waals surface area contributed by atoms with Crippen molar-refractivity contribution in [3.05, 3.63) is 27.7 Å². The molecule has 0 aliphatic rings. The number of halogens is 1. The number of hydrogen-bond donors (Lipinski definition) is 0. The largest absolute Gasteiger partial charge is 0.299 e. The highest BCUT2D eigenvalue weighted by atomic mass is 79.9. The Balaban J connectivity index is 3.31. The van der Waals surface area contributed by atoms with E-state index in [-0.39, 0.29) is 0 Å². The molecule has 0 bridgehead atoms. The normalized spacial score (nSPS) is 9.90. The summed E-state index contributed by atoms with van der Waals surface area (Å²) in [6.45, 7) is 3.97. The molecule has 1 aromatic carbocycles. The Morgan fingerprint density at radius 1 is 1.30 bits per heavy atom. The van der Waals surface area contributed by atoms with E-state index in [1.54, 1.807) is 0 Å². The van der Waals surface area contributed by atoms with Crippen LogP contribution in [0.1, 0.15) is 11.1 Å². The van der Waals surface area contributed by atoms with Crippen molar-refractivity contribution in [3.63, 3.8) is 0 Å². The van der Waals surface area contributed by atoms with E-state index in [0.717, 1.165) is 10.0 Å². The van der Waals surface area contributed by atoms with Gasteiger partial charge in [0.1, 0.15) is 0 Å². The van der Waals surface area contributed by atoms with Crippen LogP contribution in [0.4, 0.5) is 5.69 Å². The molecule has 0 saturated carbocycles. The fourth-order valence-corrected chi connectivity index (χ4v) is 1.59. The van der Waals surface area contributed by atoms with Gasteiger partial charge in [-0.25, -0.2) is 0 Å². The Kier molecular flexibility index (Phi) is 2.00. The standard InChI is InChI=1S/C8H9BrN/c1-5-3-6(2)8(10)7(9)4-5/h3-4,10H,1-2H3. The zero-order valence-corrected chi connectivity index (χ0v) is 7.62. The lowest BCUT2D eigenvalue weighted by molar-refractivity contribution is 1.31. The Morgan fingerprint density at radius 2 is 1.90 bits per heavy atom. The first-order valence-electron chi connectivity index (χ1n) is 3.09. The van der Waals surface area contributed by atoms with Crippen molar-refractivity contribution < 1.29 is 0 Å². The van der Waals surface area contributed by atoms with E-state index < -0.39 is 0 Å². The molecular weight excluding hydrogens is 190 g/mol. The summed E-state index contributed by atoms with van der Waals surface area (Å²) >= 11 is 3.31. The predicted molar refractivity (Wildman–Crippen MR) is 46.4 cm³/mol. The molecule has 0 aliphatic heterocycles. The maximum absolute atomic E-state index is 7.49. The smallest absolute Gasteiger partial charge is 0.0711 e. The topological polar surface area (TPSA) is 23.8 Å². The van der Waals surface area contributed by atoms with E-state index in [0.29, 0.717) is 5.69 Å². The minimum absolute atomic E-state index is 0.589. The summed E-state index contributed by atoms with van der Waals surface area (Å²) in [6, 6.07) is 3.96. The molecule has 0 spiro atoms. The third kappa shape index (κ3) is 1.32. The minimum atomic E-state index is 0.589. The monoisotopic (exact) mass is 198 g/mol. The summed E-state index contributed by atoms with van der Waals surface area (Å²) in [4.78, 5) is 0. The first-order chi connectivity index (χ1) is 4.61. The zero-order valence-electron chi connectivity index (χ0n) is 6.03. The van der Waals surface area contributed by atoms with E-state index in [1.807, 2.05) is 26.0 Å². The van der Waals surface area contributed by atoms with Crippen molar-refractivity contribution in [1.82, 2.24) is 5.73 Å². The van der Waals surface area contributed by atoms with Crippen LogP contribution in [0.2, 0.25) is 0 Å². The Hall–Kier alpha value is -0.500. The van der Waals surface area contributed by atoms with Gasteiger partial charge in [-0.1, -0.05) is 6.07 Å². The summed E-state index contributed by atoms with van der Waals surface area (Å²) in [7, 11) is 0. The van der Waals surface area contributed by atoms with Gasteiger partial charge in [-0.05, 0) is 47.0 Å². The van der Waals surface area contributed by atoms with Crippen LogP contribution in [0.15, 0.2) is 16.6 Å². The lowest BCUT2D eigenvalue weighted by Crippen LogP contribution is -1.81. The van der Waals surface area contributed by atoms with Crippen LogP contribution in [-0.4, -0.2) is 0 Å². The van der Waals surface area contributed by atoms with Crippen LogP contribution in [0.3, 0.4) is 0 Å². The first-order valence-corrected chi connectivity index (χ1v) is 3.89.